The van der Waals surface area contributed by atoms with Gasteiger partial charge in [0, 0.05) is 17.2 Å². The highest BCUT2D eigenvalue weighted by Crippen LogP contribution is 2.56. The summed E-state index contributed by atoms with van der Waals surface area (Å²) in [6, 6.07) is 8.38. The Hall–Kier alpha value is -3.82. The van der Waals surface area contributed by atoms with E-state index in [-0.39, 0.29) is 18.3 Å². The largest absolute Gasteiger partial charge is 0.492 e. The van der Waals surface area contributed by atoms with E-state index in [0.717, 1.165) is 11.1 Å². The highest BCUT2D eigenvalue weighted by atomic mass is 16.7. The Kier molecular flexibility index (Phi) is 7.87. The molecule has 0 radical (unpaired) electrons. The van der Waals surface area contributed by atoms with Crippen LogP contribution in [-0.4, -0.2) is 95.3 Å². The van der Waals surface area contributed by atoms with Crippen LogP contribution in [0.25, 0.3) is 0 Å². The van der Waals surface area contributed by atoms with E-state index in [1.54, 1.807) is 24.3 Å². The van der Waals surface area contributed by atoms with Crippen LogP contribution in [0, 0.1) is 0 Å². The Morgan fingerprint density at radius 2 is 1.82 bits per heavy atom. The van der Waals surface area contributed by atoms with E-state index in [4.69, 9.17) is 43.4 Å². The van der Waals surface area contributed by atoms with E-state index >= 15 is 0 Å². The first-order valence-corrected chi connectivity index (χ1v) is 12.3. The Balaban J connectivity index is 1.30. The molecule has 1 saturated heterocycles. The molecule has 3 heterocycles. The molecule has 3 aliphatic rings. The maximum atomic E-state index is 11.6. The molecular formula is C26H28O14. The Morgan fingerprint density at radius 3 is 2.55 bits per heavy atom. The molecule has 14 heteroatoms. The van der Waals surface area contributed by atoms with E-state index in [1.165, 1.54) is 7.11 Å². The van der Waals surface area contributed by atoms with Crippen LogP contribution in [-0.2, 0) is 19.1 Å². The number of hydrogen-bond donors (Lipinski definition) is 5. The van der Waals surface area contributed by atoms with Crippen molar-refractivity contribution in [3.05, 3.63) is 41.5 Å². The van der Waals surface area contributed by atoms with Crippen LogP contribution in [0.15, 0.2) is 30.3 Å². The van der Waals surface area contributed by atoms with Crippen molar-refractivity contribution < 1.29 is 68.3 Å². The van der Waals surface area contributed by atoms with Crippen LogP contribution in [0.1, 0.15) is 29.6 Å². The molecule has 7 atom stereocenters. The molecule has 0 amide bonds. The van der Waals surface area contributed by atoms with E-state index in [9.17, 15) is 24.9 Å². The van der Waals surface area contributed by atoms with Crippen molar-refractivity contribution in [3.63, 3.8) is 0 Å². The molecule has 0 bridgehead atoms. The van der Waals surface area contributed by atoms with Crippen LogP contribution in [0.5, 0.6) is 28.7 Å². The fourth-order valence-electron chi connectivity index (χ4n) is 4.94. The van der Waals surface area contributed by atoms with Crippen LogP contribution in [0.3, 0.4) is 0 Å². The SMILES string of the molecule is COc1c(OCO)ccc2c1O[C@@H]1c3ccc(O[C@H]4O[C@H](COC(=O)CC(=O)O)[C@@H](O)[C@H](O)[C@H]4O)cc3OC[C@@H]21. The number of aliphatic hydroxyl groups excluding tert-OH is 4. The molecule has 0 aliphatic carbocycles. The molecule has 0 unspecified atom stereocenters. The maximum absolute atomic E-state index is 11.6. The normalized spacial score (nSPS) is 28.2. The fourth-order valence-corrected chi connectivity index (χ4v) is 4.94. The van der Waals surface area contributed by atoms with Crippen molar-refractivity contribution in [2.45, 2.75) is 49.1 Å². The summed E-state index contributed by atoms with van der Waals surface area (Å²) >= 11 is 0. The first-order chi connectivity index (χ1) is 19.2. The monoisotopic (exact) mass is 564 g/mol. The molecule has 0 saturated carbocycles. The van der Waals surface area contributed by atoms with Crippen molar-refractivity contribution in [2.75, 3.05) is 27.1 Å². The minimum atomic E-state index is -1.70. The third-order valence-electron chi connectivity index (χ3n) is 6.88. The van der Waals surface area contributed by atoms with Gasteiger partial charge in [-0.05, 0) is 18.2 Å². The van der Waals surface area contributed by atoms with Crippen molar-refractivity contribution in [2.24, 2.45) is 0 Å². The van der Waals surface area contributed by atoms with Crippen molar-refractivity contribution in [3.8, 4) is 28.7 Å². The van der Waals surface area contributed by atoms with E-state index < -0.39 is 68.6 Å². The quantitative estimate of drug-likeness (QED) is 0.153. The van der Waals surface area contributed by atoms with Crippen LogP contribution < -0.4 is 23.7 Å². The predicted octanol–water partition coefficient (Wildman–Crippen LogP) is -0.162. The Bertz CT molecular complexity index is 1260. The van der Waals surface area contributed by atoms with Gasteiger partial charge in [0.15, 0.2) is 18.3 Å². The number of rotatable bonds is 9. The second-order valence-corrected chi connectivity index (χ2v) is 9.33. The molecule has 2 aromatic rings. The maximum Gasteiger partial charge on any atom is 0.317 e. The zero-order chi connectivity index (χ0) is 28.6. The number of benzene rings is 2. The average Bonchev–Trinajstić information content (AvgIpc) is 3.31. The molecule has 5 rings (SSSR count). The summed E-state index contributed by atoms with van der Waals surface area (Å²) in [7, 11) is 1.47. The van der Waals surface area contributed by atoms with Crippen LogP contribution in [0.4, 0.5) is 0 Å². The lowest BCUT2D eigenvalue weighted by Crippen LogP contribution is -2.60. The minimum absolute atomic E-state index is 0.143. The summed E-state index contributed by atoms with van der Waals surface area (Å²) in [6.45, 7) is -0.822. The van der Waals surface area contributed by atoms with Gasteiger partial charge in [0.05, 0.1) is 19.6 Å². The lowest BCUT2D eigenvalue weighted by molar-refractivity contribution is -0.278. The number of methoxy groups -OCH3 is 1. The number of aliphatic hydroxyl groups is 4. The highest BCUT2D eigenvalue weighted by Gasteiger charge is 2.46. The average molecular weight is 564 g/mol. The zero-order valence-electron chi connectivity index (χ0n) is 21.2. The van der Waals surface area contributed by atoms with Gasteiger partial charge in [-0.1, -0.05) is 6.07 Å². The van der Waals surface area contributed by atoms with Gasteiger partial charge in [-0.2, -0.15) is 0 Å². The van der Waals surface area contributed by atoms with E-state index in [1.807, 2.05) is 6.07 Å². The third kappa shape index (κ3) is 5.19. The third-order valence-corrected chi connectivity index (χ3v) is 6.88. The van der Waals surface area contributed by atoms with Gasteiger partial charge < -0.3 is 58.7 Å². The molecule has 0 spiro atoms. The second-order valence-electron chi connectivity index (χ2n) is 9.33. The summed E-state index contributed by atoms with van der Waals surface area (Å²) in [6.07, 6.45) is -9.03. The molecular weight excluding hydrogens is 536 g/mol. The lowest BCUT2D eigenvalue weighted by atomic mass is 9.89. The highest BCUT2D eigenvalue weighted by molar-refractivity contribution is 5.90. The molecule has 216 valence electrons. The summed E-state index contributed by atoms with van der Waals surface area (Å²) < 4.78 is 39.0. The predicted molar refractivity (Wildman–Crippen MR) is 129 cm³/mol. The summed E-state index contributed by atoms with van der Waals surface area (Å²) in [5.74, 6) is -0.759. The number of carbonyl (C=O) groups excluding carboxylic acids is 1. The van der Waals surface area contributed by atoms with Crippen LogP contribution in [0.2, 0.25) is 0 Å². The first-order valence-electron chi connectivity index (χ1n) is 12.3. The number of hydrogen-bond acceptors (Lipinski definition) is 13. The van der Waals surface area contributed by atoms with Gasteiger partial charge in [0.1, 0.15) is 55.0 Å². The van der Waals surface area contributed by atoms with Gasteiger partial charge in [-0.15, -0.1) is 0 Å². The Morgan fingerprint density at radius 1 is 1.05 bits per heavy atom. The van der Waals surface area contributed by atoms with Crippen molar-refractivity contribution >= 4 is 11.9 Å². The molecule has 0 aromatic heterocycles. The number of carboxylic acids is 1. The lowest BCUT2D eigenvalue weighted by Gasteiger charge is -2.40. The number of aliphatic carboxylic acids is 1. The summed E-state index contributed by atoms with van der Waals surface area (Å²) in [4.78, 5) is 22.2. The van der Waals surface area contributed by atoms with E-state index in [2.05, 4.69) is 0 Å². The standard InChI is InChI=1S/C26H28O14/c1-34-25-15(37-10-27)5-4-12-14-8-35-16-6-11(2-3-13(16)23(14)40-24(12)25)38-26-22(33)21(32)20(31)17(39-26)9-36-19(30)7-18(28)29/h2-6,14,17,20-23,26-27,31-33H,7-10H2,1H3,(H,28,29)/t14-,17+,20+,21-,22+,23+,26-/m0/s1. The zero-order valence-corrected chi connectivity index (χ0v) is 21.2. The first kappa shape index (κ1) is 27.7. The van der Waals surface area contributed by atoms with Gasteiger partial charge in [-0.25, -0.2) is 0 Å². The fraction of sp³-hybridized carbons (Fsp3) is 0.462. The molecule has 1 fully saturated rings. The summed E-state index contributed by atoms with van der Waals surface area (Å²) in [5, 5.41) is 48.8. The molecule has 3 aliphatic heterocycles. The molecule has 2 aromatic carbocycles. The van der Waals surface area contributed by atoms with Crippen molar-refractivity contribution in [1.82, 2.24) is 0 Å². The second kappa shape index (κ2) is 11.3. The van der Waals surface area contributed by atoms with Gasteiger partial charge in [0.2, 0.25) is 12.0 Å². The topological polar surface area (TPSA) is 200 Å². The van der Waals surface area contributed by atoms with E-state index in [0.29, 0.717) is 23.0 Å². The number of ether oxygens (including phenoxy) is 7. The van der Waals surface area contributed by atoms with Crippen molar-refractivity contribution in [1.29, 1.82) is 0 Å². The smallest absolute Gasteiger partial charge is 0.317 e. The van der Waals surface area contributed by atoms with Crippen LogP contribution >= 0.6 is 0 Å². The number of esters is 1. The number of carboxylic acid groups (broad SMARTS) is 1. The minimum Gasteiger partial charge on any atom is -0.492 e. The van der Waals surface area contributed by atoms with Gasteiger partial charge in [-0.3, -0.25) is 9.59 Å². The molecule has 5 N–H and O–H groups in total. The van der Waals surface area contributed by atoms with Gasteiger partial charge in [0.25, 0.3) is 0 Å². The molecule has 40 heavy (non-hydrogen) atoms. The summed E-state index contributed by atoms with van der Waals surface area (Å²) in [5.41, 5.74) is 1.58. The molecule has 14 nitrogen and oxygen atoms in total. The number of fused-ring (bicyclic) bond motifs is 5. The Labute approximate surface area is 227 Å². The van der Waals surface area contributed by atoms with Gasteiger partial charge >= 0.3 is 11.9 Å². The number of carbonyl (C=O) groups is 2.